The van der Waals surface area contributed by atoms with Crippen molar-refractivity contribution in [3.8, 4) is 0 Å². The minimum atomic E-state index is -0.120. The third kappa shape index (κ3) is 38.0. The van der Waals surface area contributed by atoms with E-state index in [9.17, 15) is 0 Å². The zero-order valence-corrected chi connectivity index (χ0v) is 27.7. The fourth-order valence-corrected chi connectivity index (χ4v) is 3.35. The zero-order chi connectivity index (χ0) is 22.4. The van der Waals surface area contributed by atoms with Gasteiger partial charge in [0.05, 0.1) is 0 Å². The molecule has 0 atom stereocenters. The van der Waals surface area contributed by atoms with Crippen LogP contribution in [0.1, 0.15) is 41.5 Å². The van der Waals surface area contributed by atoms with E-state index in [4.69, 9.17) is 85.9 Å². The number of nitrogens with zero attached hydrogens (tertiary/aromatic N) is 4. The molecule has 0 aromatic heterocycles. The van der Waals surface area contributed by atoms with Crippen LogP contribution >= 0.6 is 0 Å². The molecule has 0 saturated heterocycles. The van der Waals surface area contributed by atoms with Gasteiger partial charge in [-0.1, -0.05) is 41.5 Å². The fourth-order valence-electron chi connectivity index (χ4n) is 1.57. The summed E-state index contributed by atoms with van der Waals surface area (Å²) >= 11 is 29.0. The van der Waals surface area contributed by atoms with E-state index in [0.717, 1.165) is 44.6 Å². The summed E-state index contributed by atoms with van der Waals surface area (Å²) in [6.07, 6.45) is 0. The molecule has 0 spiro atoms. The van der Waals surface area contributed by atoms with Gasteiger partial charge < -0.3 is 107 Å². The fraction of sp³-hybridized carbons (Fsp3) is 1.00. The number of rotatable bonds is 9. The summed E-state index contributed by atoms with van der Waals surface area (Å²) < 4.78 is -0.361. The van der Waals surface area contributed by atoms with Crippen LogP contribution in [0.4, 0.5) is 0 Å². The van der Waals surface area contributed by atoms with E-state index in [1.165, 1.54) is 0 Å². The predicted octanol–water partition coefficient (Wildman–Crippen LogP) is 3.08. The maximum absolute atomic E-state index is 8.00. The molecule has 0 rings (SSSR count). The summed E-state index contributed by atoms with van der Waals surface area (Å²) in [6.45, 7) is 18.2. The van der Waals surface area contributed by atoms with Crippen LogP contribution in [-0.2, 0) is 118 Å². The second kappa shape index (κ2) is 39.0. The summed E-state index contributed by atoms with van der Waals surface area (Å²) in [7, 11) is 0. The Balaban J connectivity index is -0.0000000473. The summed E-state index contributed by atoms with van der Waals surface area (Å²) in [5.74, 6) is 0. The van der Waals surface area contributed by atoms with Crippen molar-refractivity contribution >= 4 is 75.8 Å². The monoisotopic (exact) mass is 899 g/mol. The Labute approximate surface area is 246 Å². The molecule has 0 radical (unpaired) electrons. The van der Waals surface area contributed by atoms with Crippen LogP contribution in [0.2, 0.25) is 0 Å². The molecule has 30 heavy (non-hydrogen) atoms. The van der Waals surface area contributed by atoms with Gasteiger partial charge in [0.15, 0.2) is 0 Å². The molecule has 0 heterocycles. The molecule has 0 aromatic rings. The molecule has 0 saturated carbocycles. The molecule has 0 unspecified atom stereocenters. The van der Waals surface area contributed by atoms with Gasteiger partial charge in [0, 0.05) is 21.1 Å². The maximum Gasteiger partial charge on any atom is 4.00 e. The van der Waals surface area contributed by atoms with Crippen LogP contribution in [0.3, 0.4) is 0 Å². The van der Waals surface area contributed by atoms with Gasteiger partial charge in [-0.25, -0.2) is 14.1 Å². The first-order chi connectivity index (χ1) is 12.6. The van der Waals surface area contributed by atoms with Gasteiger partial charge in [-0.2, -0.15) is 0 Å². The number of hydrogen-bond acceptors (Lipinski definition) is 12. The molecule has 2 N–H and O–H groups in total. The normalized spacial score (nSPS) is 9.40. The standard InChI is InChI=1S/3C5H13NS2.HNO2.H2N.2Pt/c3*1-3-6(4-2)5(7)8;2-1-3;;;/h3*5,7-8H,3-4H2,1-2H3;(H,2,3);1H2;;/q;;;;-1;;+4/p-7. The van der Waals surface area contributed by atoms with E-state index in [1.54, 1.807) is 0 Å². The average molecular weight is 900 g/mol. The van der Waals surface area contributed by atoms with Gasteiger partial charge in [-0.05, 0) is 39.3 Å². The Bertz CT molecular complexity index is 256. The summed E-state index contributed by atoms with van der Waals surface area (Å²) in [4.78, 5) is 14.1. The predicted molar refractivity (Wildman–Crippen MR) is 139 cm³/mol. The molecule has 0 fully saturated rings. The maximum atomic E-state index is 8.00. The Kier molecular flexibility index (Phi) is 64.6. The molecular weight excluding hydrogens is 865 g/mol. The Hall–Kier alpha value is 2.72. The van der Waals surface area contributed by atoms with Crippen LogP contribution in [0, 0.1) is 10.1 Å². The average Bonchev–Trinajstić information content (AvgIpc) is 2.59. The van der Waals surface area contributed by atoms with Crippen molar-refractivity contribution in [2.75, 3.05) is 39.3 Å². The quantitative estimate of drug-likeness (QED) is 0.194. The molecule has 0 amide bonds. The largest absolute Gasteiger partial charge is 4.00 e. The van der Waals surface area contributed by atoms with Crippen molar-refractivity contribution in [3.05, 3.63) is 16.3 Å². The smallest absolute Gasteiger partial charge is 0.800 e. The van der Waals surface area contributed by atoms with Gasteiger partial charge in [-0.3, -0.25) is 0 Å². The first kappa shape index (κ1) is 49.8. The molecule has 0 aliphatic heterocycles. The van der Waals surface area contributed by atoms with E-state index in [0.29, 0.717) is 0 Å². The molecular formula is C15H35N5O2Pt2S6-4. The van der Waals surface area contributed by atoms with Crippen LogP contribution in [0.25, 0.3) is 6.15 Å². The molecule has 192 valence electrons. The second-order valence-corrected chi connectivity index (χ2v) is 8.23. The molecule has 0 aliphatic rings. The molecule has 0 bridgehead atoms. The third-order valence-electron chi connectivity index (χ3n) is 3.33. The van der Waals surface area contributed by atoms with Gasteiger partial charge in [0.25, 0.3) is 0 Å². The SMILES string of the molecule is CCN(CC)C([S-])[S-].CCN(CC)C([S-])[S-].CCN(CC)C([S-])[S-].O=N[O-].[NH2-].[Pt+4].[Pt]. The Morgan fingerprint density at radius 2 is 0.733 bits per heavy atom. The summed E-state index contributed by atoms with van der Waals surface area (Å²) in [5, 5.41) is 9.00. The minimum Gasteiger partial charge on any atom is -0.800 e. The van der Waals surface area contributed by atoms with Crippen LogP contribution in [-0.4, -0.2) is 68.1 Å². The summed E-state index contributed by atoms with van der Waals surface area (Å²) in [6, 6.07) is 0. The van der Waals surface area contributed by atoms with Crippen molar-refractivity contribution in [1.82, 2.24) is 14.7 Å². The van der Waals surface area contributed by atoms with Crippen molar-refractivity contribution < 1.29 is 42.1 Å². The van der Waals surface area contributed by atoms with Crippen LogP contribution < -0.4 is 0 Å². The van der Waals surface area contributed by atoms with Crippen LogP contribution in [0.5, 0.6) is 0 Å². The van der Waals surface area contributed by atoms with Gasteiger partial charge in [-0.15, -0.1) is 5.34 Å². The zero-order valence-electron chi connectivity index (χ0n) is 18.2. The van der Waals surface area contributed by atoms with Gasteiger partial charge >= 0.3 is 21.1 Å². The van der Waals surface area contributed by atoms with Gasteiger partial charge in [0.1, 0.15) is 0 Å². The van der Waals surface area contributed by atoms with E-state index in [1.807, 2.05) is 14.7 Å². The van der Waals surface area contributed by atoms with Crippen LogP contribution in [0.15, 0.2) is 5.34 Å². The number of nitrogens with two attached hydrogens (primary N) is 1. The first-order valence-corrected chi connectivity index (χ1v) is 11.5. The second-order valence-electron chi connectivity index (χ2n) is 4.66. The van der Waals surface area contributed by atoms with Crippen molar-refractivity contribution in [1.29, 1.82) is 0 Å². The molecule has 0 aliphatic carbocycles. The summed E-state index contributed by atoms with van der Waals surface area (Å²) in [5.41, 5.74) is 0. The Morgan fingerprint density at radius 1 is 0.633 bits per heavy atom. The van der Waals surface area contributed by atoms with E-state index >= 15 is 0 Å². The Morgan fingerprint density at radius 3 is 0.733 bits per heavy atom. The topological polar surface area (TPSA) is 95.7 Å². The van der Waals surface area contributed by atoms with Crippen molar-refractivity contribution in [2.45, 2.75) is 55.7 Å². The minimum absolute atomic E-state index is 0. The van der Waals surface area contributed by atoms with E-state index in [-0.39, 0.29) is 62.4 Å². The molecule has 15 heteroatoms. The number of hydrogen-bond donors (Lipinski definition) is 0. The van der Waals surface area contributed by atoms with E-state index in [2.05, 4.69) is 41.5 Å². The molecule has 7 nitrogen and oxygen atoms in total. The van der Waals surface area contributed by atoms with Crippen molar-refractivity contribution in [3.63, 3.8) is 0 Å². The first-order valence-electron chi connectivity index (χ1n) is 8.69. The van der Waals surface area contributed by atoms with E-state index < -0.39 is 0 Å². The third-order valence-corrected chi connectivity index (χ3v) is 5.12. The van der Waals surface area contributed by atoms with Crippen molar-refractivity contribution in [2.24, 2.45) is 5.34 Å². The van der Waals surface area contributed by atoms with Gasteiger partial charge in [0.2, 0.25) is 0 Å². The molecule has 0 aromatic carbocycles.